The molecule has 2 aromatic heterocycles. The summed E-state index contributed by atoms with van der Waals surface area (Å²) in [5.74, 6) is -2.02. The van der Waals surface area contributed by atoms with Gasteiger partial charge in [-0.3, -0.25) is 19.2 Å². The number of ether oxygens (including phenoxy) is 1. The number of carbonyl (C=O) groups excluding carboxylic acids is 4. The number of primary amides is 1. The largest absolute Gasteiger partial charge is 0.453 e. The van der Waals surface area contributed by atoms with Crippen LogP contribution in [0.1, 0.15) is 44.7 Å². The summed E-state index contributed by atoms with van der Waals surface area (Å²) < 4.78 is 5.04. The molecule has 3 N–H and O–H groups in total. The summed E-state index contributed by atoms with van der Waals surface area (Å²) in [5, 5.41) is 4.42. The summed E-state index contributed by atoms with van der Waals surface area (Å²) in [6, 6.07) is 5.06. The molecule has 1 atom stereocenters. The van der Waals surface area contributed by atoms with E-state index < -0.39 is 23.9 Å². The number of nitrogens with one attached hydrogen (secondary N) is 1. The third-order valence-corrected chi connectivity index (χ3v) is 5.29. The number of anilines is 1. The molecule has 26 heavy (non-hydrogen) atoms. The van der Waals surface area contributed by atoms with Crippen molar-refractivity contribution in [2.24, 2.45) is 5.73 Å². The van der Waals surface area contributed by atoms with Crippen molar-refractivity contribution in [3.05, 3.63) is 38.9 Å². The molecule has 0 spiro atoms. The molecule has 2 amide bonds. The quantitative estimate of drug-likeness (QED) is 0.528. The van der Waals surface area contributed by atoms with Crippen molar-refractivity contribution in [2.45, 2.75) is 32.8 Å². The molecule has 9 heteroatoms. The second-order valence-corrected chi connectivity index (χ2v) is 7.69. The first kappa shape index (κ1) is 19.8. The Hall–Kier alpha value is -2.52. The average molecular weight is 394 g/mol. The van der Waals surface area contributed by atoms with E-state index in [9.17, 15) is 19.2 Å². The first-order chi connectivity index (χ1) is 12.3. The molecule has 0 radical (unpaired) electrons. The maximum absolute atomic E-state index is 12.1. The van der Waals surface area contributed by atoms with Gasteiger partial charge in [-0.15, -0.1) is 22.7 Å². The van der Waals surface area contributed by atoms with Gasteiger partial charge in [-0.1, -0.05) is 0 Å². The molecule has 0 saturated heterocycles. The van der Waals surface area contributed by atoms with E-state index >= 15 is 0 Å². The number of rotatable bonds is 8. The third-order valence-electron chi connectivity index (χ3n) is 3.42. The Bertz CT molecular complexity index is 840. The van der Waals surface area contributed by atoms with E-state index in [1.807, 2.05) is 13.0 Å². The zero-order valence-electron chi connectivity index (χ0n) is 14.2. The normalized spacial score (nSPS) is 11.6. The number of aryl methyl sites for hydroxylation is 1. The number of amides is 2. The van der Waals surface area contributed by atoms with Crippen molar-refractivity contribution >= 4 is 51.2 Å². The Morgan fingerprint density at radius 3 is 2.54 bits per heavy atom. The van der Waals surface area contributed by atoms with Gasteiger partial charge in [0.15, 0.2) is 11.9 Å². The first-order valence-electron chi connectivity index (χ1n) is 7.75. The summed E-state index contributed by atoms with van der Waals surface area (Å²) in [5.41, 5.74) is 5.40. The van der Waals surface area contributed by atoms with E-state index in [-0.39, 0.29) is 24.2 Å². The molecule has 2 rings (SSSR count). The summed E-state index contributed by atoms with van der Waals surface area (Å²) in [6.45, 7) is 3.31. The molecular formula is C17H18N2O5S2. The molecule has 7 nitrogen and oxygen atoms in total. The molecule has 0 unspecified atom stereocenters. The van der Waals surface area contributed by atoms with Gasteiger partial charge in [0.25, 0.3) is 11.8 Å². The van der Waals surface area contributed by atoms with Crippen molar-refractivity contribution in [1.29, 1.82) is 0 Å². The lowest BCUT2D eigenvalue weighted by Crippen LogP contribution is -2.30. The Morgan fingerprint density at radius 2 is 1.92 bits per heavy atom. The fourth-order valence-electron chi connectivity index (χ4n) is 2.05. The van der Waals surface area contributed by atoms with E-state index in [1.54, 1.807) is 11.4 Å². The van der Waals surface area contributed by atoms with Gasteiger partial charge >= 0.3 is 5.97 Å². The third kappa shape index (κ3) is 5.24. The van der Waals surface area contributed by atoms with Crippen LogP contribution in [0.2, 0.25) is 0 Å². The van der Waals surface area contributed by atoms with Gasteiger partial charge in [-0.2, -0.15) is 0 Å². The van der Waals surface area contributed by atoms with Crippen LogP contribution in [0.15, 0.2) is 23.6 Å². The van der Waals surface area contributed by atoms with Crippen LogP contribution in [0.25, 0.3) is 0 Å². The maximum atomic E-state index is 12.1. The van der Waals surface area contributed by atoms with Crippen LogP contribution in [0, 0.1) is 6.92 Å². The number of Topliss-reactive ketones (excluding diaryl/α,β-unsaturated/α-hetero) is 1. The van der Waals surface area contributed by atoms with Crippen LogP contribution in [0.4, 0.5) is 5.00 Å². The van der Waals surface area contributed by atoms with Crippen molar-refractivity contribution in [3.8, 4) is 0 Å². The molecule has 0 aliphatic rings. The number of thiophene rings is 2. The van der Waals surface area contributed by atoms with E-state index in [0.29, 0.717) is 9.88 Å². The van der Waals surface area contributed by atoms with Gasteiger partial charge in [-0.05, 0) is 37.4 Å². The van der Waals surface area contributed by atoms with Crippen LogP contribution >= 0.6 is 22.7 Å². The zero-order valence-corrected chi connectivity index (χ0v) is 15.9. The fraction of sp³-hybridized carbons (Fsp3) is 0.294. The molecule has 0 fully saturated rings. The van der Waals surface area contributed by atoms with Gasteiger partial charge in [0, 0.05) is 11.3 Å². The second kappa shape index (κ2) is 8.72. The minimum atomic E-state index is -1.07. The highest BCUT2D eigenvalue weighted by atomic mass is 32.1. The SMILES string of the molecule is Cc1ccc(C(=O)CCC(=O)O[C@@H](C)C(=O)Nc2sccc2C(N)=O)s1. The Morgan fingerprint density at radius 1 is 1.19 bits per heavy atom. The number of carbonyl (C=O) groups is 4. The molecular weight excluding hydrogens is 376 g/mol. The van der Waals surface area contributed by atoms with E-state index in [1.165, 1.54) is 24.3 Å². The van der Waals surface area contributed by atoms with Gasteiger partial charge < -0.3 is 15.8 Å². The minimum Gasteiger partial charge on any atom is -0.453 e. The van der Waals surface area contributed by atoms with Crippen LogP contribution < -0.4 is 11.1 Å². The lowest BCUT2D eigenvalue weighted by molar-refractivity contribution is -0.153. The number of nitrogens with two attached hydrogens (primary N) is 1. The lowest BCUT2D eigenvalue weighted by Gasteiger charge is -2.13. The Kier molecular flexibility index (Phi) is 6.64. The summed E-state index contributed by atoms with van der Waals surface area (Å²) in [7, 11) is 0. The molecule has 2 heterocycles. The van der Waals surface area contributed by atoms with Crippen LogP contribution in [-0.4, -0.2) is 29.7 Å². The highest BCUT2D eigenvalue weighted by Crippen LogP contribution is 2.23. The second-order valence-electron chi connectivity index (χ2n) is 5.48. The van der Waals surface area contributed by atoms with E-state index in [0.717, 1.165) is 16.2 Å². The predicted molar refractivity (Wildman–Crippen MR) is 99.6 cm³/mol. The number of esters is 1. The Balaban J connectivity index is 1.82. The molecule has 0 saturated carbocycles. The van der Waals surface area contributed by atoms with Gasteiger partial charge in [0.05, 0.1) is 16.9 Å². The van der Waals surface area contributed by atoms with Gasteiger partial charge in [-0.25, -0.2) is 0 Å². The van der Waals surface area contributed by atoms with Gasteiger partial charge in [0.1, 0.15) is 5.00 Å². The molecule has 0 aliphatic carbocycles. The van der Waals surface area contributed by atoms with E-state index in [4.69, 9.17) is 10.5 Å². The average Bonchev–Trinajstić information content (AvgIpc) is 3.21. The minimum absolute atomic E-state index is 0.0177. The van der Waals surface area contributed by atoms with Crippen molar-refractivity contribution in [3.63, 3.8) is 0 Å². The van der Waals surface area contributed by atoms with Crippen molar-refractivity contribution < 1.29 is 23.9 Å². The topological polar surface area (TPSA) is 116 Å². The van der Waals surface area contributed by atoms with E-state index in [2.05, 4.69) is 5.32 Å². The van der Waals surface area contributed by atoms with Crippen molar-refractivity contribution in [2.75, 3.05) is 5.32 Å². The number of hydrogen-bond donors (Lipinski definition) is 2. The number of ketones is 1. The molecule has 138 valence electrons. The Labute approximate surface area is 158 Å². The van der Waals surface area contributed by atoms with Gasteiger partial charge in [0.2, 0.25) is 0 Å². The summed E-state index contributed by atoms with van der Waals surface area (Å²) in [6.07, 6.45) is -1.16. The first-order valence-corrected chi connectivity index (χ1v) is 9.45. The monoisotopic (exact) mass is 394 g/mol. The molecule has 0 bridgehead atoms. The highest BCUT2D eigenvalue weighted by molar-refractivity contribution is 7.14. The molecule has 0 aliphatic heterocycles. The zero-order chi connectivity index (χ0) is 19.3. The summed E-state index contributed by atoms with van der Waals surface area (Å²) in [4.78, 5) is 48.8. The maximum Gasteiger partial charge on any atom is 0.307 e. The van der Waals surface area contributed by atoms with Crippen LogP contribution in [0.5, 0.6) is 0 Å². The number of hydrogen-bond acceptors (Lipinski definition) is 7. The molecule has 2 aromatic rings. The van der Waals surface area contributed by atoms with Crippen LogP contribution in [-0.2, 0) is 14.3 Å². The summed E-state index contributed by atoms with van der Waals surface area (Å²) >= 11 is 2.51. The standard InChI is InChI=1S/C17H18N2O5S2/c1-9-3-5-13(26-9)12(20)4-6-14(21)24-10(2)16(23)19-17-11(15(18)22)7-8-25-17/h3,5,7-8,10H,4,6H2,1-2H3,(H2,18,22)(H,19,23)/t10-/m0/s1. The smallest absolute Gasteiger partial charge is 0.307 e. The predicted octanol–water partition coefficient (Wildman–Crippen LogP) is 2.75. The molecule has 0 aromatic carbocycles. The van der Waals surface area contributed by atoms with Crippen LogP contribution in [0.3, 0.4) is 0 Å². The van der Waals surface area contributed by atoms with Crippen molar-refractivity contribution in [1.82, 2.24) is 0 Å². The lowest BCUT2D eigenvalue weighted by atomic mass is 10.2. The fourth-order valence-corrected chi connectivity index (χ4v) is 3.68. The highest BCUT2D eigenvalue weighted by Gasteiger charge is 2.21.